The number of hydrogen-bond donors (Lipinski definition) is 1. The van der Waals surface area contributed by atoms with Crippen LogP contribution in [0.4, 0.5) is 18.9 Å². The van der Waals surface area contributed by atoms with Gasteiger partial charge in [-0.05, 0) is 37.6 Å². The zero-order valence-electron chi connectivity index (χ0n) is 11.6. The van der Waals surface area contributed by atoms with Gasteiger partial charge in [-0.15, -0.1) is 0 Å². The molecule has 0 spiro atoms. The largest absolute Gasteiger partial charge is 0.406 e. The number of hydrogen-bond acceptors (Lipinski definition) is 2. The van der Waals surface area contributed by atoms with Crippen LogP contribution in [-0.2, 0) is 11.2 Å². The molecule has 2 amide bonds. The minimum atomic E-state index is -4.45. The number of nitrogens with zero attached hydrogens (tertiary/aromatic N) is 1. The molecule has 0 saturated heterocycles. The molecule has 0 saturated carbocycles. The Labute approximate surface area is 119 Å². The molecule has 0 aromatic heterocycles. The lowest BCUT2D eigenvalue weighted by atomic mass is 10.1. The molecule has 7 heteroatoms. The summed E-state index contributed by atoms with van der Waals surface area (Å²) in [6, 6.07) is 3.87. The summed E-state index contributed by atoms with van der Waals surface area (Å²) in [5, 5.41) is 2.61. The Morgan fingerprint density at radius 1 is 1.38 bits per heavy atom. The van der Waals surface area contributed by atoms with Gasteiger partial charge in [-0.25, -0.2) is 0 Å². The van der Waals surface area contributed by atoms with Gasteiger partial charge < -0.3 is 10.2 Å². The minimum absolute atomic E-state index is 0.136. The maximum absolute atomic E-state index is 12.6. The van der Waals surface area contributed by atoms with Crippen LogP contribution in [0.1, 0.15) is 29.8 Å². The van der Waals surface area contributed by atoms with Gasteiger partial charge in [0.1, 0.15) is 6.54 Å². The smallest absolute Gasteiger partial charge is 0.327 e. The van der Waals surface area contributed by atoms with Gasteiger partial charge in [0.05, 0.1) is 6.42 Å². The van der Waals surface area contributed by atoms with Gasteiger partial charge in [0.15, 0.2) is 0 Å². The van der Waals surface area contributed by atoms with Crippen molar-refractivity contribution in [1.82, 2.24) is 4.90 Å². The van der Waals surface area contributed by atoms with Crippen molar-refractivity contribution in [2.24, 2.45) is 0 Å². The third-order valence-electron chi connectivity index (χ3n) is 3.21. The molecule has 1 aliphatic heterocycles. The lowest BCUT2D eigenvalue weighted by Gasteiger charge is -2.28. The summed E-state index contributed by atoms with van der Waals surface area (Å²) in [5.41, 5.74) is 1.38. The average Bonchev–Trinajstić information content (AvgIpc) is 2.72. The third-order valence-corrected chi connectivity index (χ3v) is 3.21. The lowest BCUT2D eigenvalue weighted by Crippen LogP contribution is -2.43. The molecule has 0 fully saturated rings. The Hall–Kier alpha value is -2.05. The van der Waals surface area contributed by atoms with E-state index in [-0.39, 0.29) is 17.9 Å². The van der Waals surface area contributed by atoms with Crippen LogP contribution in [0.5, 0.6) is 0 Å². The zero-order valence-corrected chi connectivity index (χ0v) is 11.6. The maximum Gasteiger partial charge on any atom is 0.406 e. The average molecular weight is 300 g/mol. The number of carbonyl (C=O) groups is 2. The van der Waals surface area contributed by atoms with Crippen LogP contribution in [0.3, 0.4) is 0 Å². The number of benzene rings is 1. The van der Waals surface area contributed by atoms with Crippen LogP contribution in [0.15, 0.2) is 18.2 Å². The SMILES string of the molecule is CC(C)N(CC(F)(F)F)C(=O)c1ccc2c(c1)CC(=O)N2. The predicted molar refractivity (Wildman–Crippen MR) is 71.0 cm³/mol. The molecular weight excluding hydrogens is 285 g/mol. The minimum Gasteiger partial charge on any atom is -0.327 e. The third kappa shape index (κ3) is 3.53. The lowest BCUT2D eigenvalue weighted by molar-refractivity contribution is -0.143. The summed E-state index contributed by atoms with van der Waals surface area (Å²) >= 11 is 0. The van der Waals surface area contributed by atoms with E-state index in [1.165, 1.54) is 26.0 Å². The van der Waals surface area contributed by atoms with E-state index in [9.17, 15) is 22.8 Å². The molecular formula is C14H15F3N2O2. The summed E-state index contributed by atoms with van der Waals surface area (Å²) in [4.78, 5) is 24.3. The standard InChI is InChI=1S/C14H15F3N2O2/c1-8(2)19(7-14(15,16)17)13(21)9-3-4-11-10(5-9)6-12(20)18-11/h3-5,8H,6-7H2,1-2H3,(H,18,20). The summed E-state index contributed by atoms with van der Waals surface area (Å²) in [6.07, 6.45) is -4.31. The Morgan fingerprint density at radius 2 is 2.05 bits per heavy atom. The van der Waals surface area contributed by atoms with Crippen LogP contribution in [0.25, 0.3) is 0 Å². The van der Waals surface area contributed by atoms with Crippen LogP contribution in [0.2, 0.25) is 0 Å². The number of rotatable bonds is 3. The van der Waals surface area contributed by atoms with Crippen LogP contribution in [-0.4, -0.2) is 35.5 Å². The van der Waals surface area contributed by atoms with Crippen LogP contribution in [0, 0.1) is 0 Å². The molecule has 1 heterocycles. The van der Waals surface area contributed by atoms with Gasteiger partial charge in [-0.2, -0.15) is 13.2 Å². The number of fused-ring (bicyclic) bond motifs is 1. The molecule has 2 rings (SSSR count). The van der Waals surface area contributed by atoms with Gasteiger partial charge in [-0.1, -0.05) is 0 Å². The van der Waals surface area contributed by atoms with E-state index in [0.717, 1.165) is 4.90 Å². The maximum atomic E-state index is 12.6. The fourth-order valence-corrected chi connectivity index (χ4v) is 2.21. The van der Waals surface area contributed by atoms with E-state index in [1.807, 2.05) is 0 Å². The fraction of sp³-hybridized carbons (Fsp3) is 0.429. The Morgan fingerprint density at radius 3 is 2.62 bits per heavy atom. The van der Waals surface area contributed by atoms with Crippen molar-refractivity contribution in [2.75, 3.05) is 11.9 Å². The van der Waals surface area contributed by atoms with Gasteiger partial charge in [0.2, 0.25) is 5.91 Å². The van der Waals surface area contributed by atoms with Crippen molar-refractivity contribution in [3.63, 3.8) is 0 Å². The first-order valence-electron chi connectivity index (χ1n) is 6.48. The first-order chi connectivity index (χ1) is 9.67. The molecule has 0 radical (unpaired) electrons. The van der Waals surface area contributed by atoms with E-state index in [1.54, 1.807) is 6.07 Å². The highest BCUT2D eigenvalue weighted by Crippen LogP contribution is 2.26. The van der Waals surface area contributed by atoms with Gasteiger partial charge in [0.25, 0.3) is 5.91 Å². The van der Waals surface area contributed by atoms with Crippen molar-refractivity contribution in [2.45, 2.75) is 32.5 Å². The molecule has 0 atom stereocenters. The second-order valence-corrected chi connectivity index (χ2v) is 5.24. The summed E-state index contributed by atoms with van der Waals surface area (Å²) in [5.74, 6) is -0.880. The highest BCUT2D eigenvalue weighted by molar-refractivity contribution is 6.01. The van der Waals surface area contributed by atoms with Crippen molar-refractivity contribution in [3.05, 3.63) is 29.3 Å². The Kier molecular flexibility index (Phi) is 3.93. The van der Waals surface area contributed by atoms with Crippen molar-refractivity contribution >= 4 is 17.5 Å². The van der Waals surface area contributed by atoms with Gasteiger partial charge in [0, 0.05) is 17.3 Å². The summed E-state index contributed by atoms with van der Waals surface area (Å²) in [6.45, 7) is 1.77. The summed E-state index contributed by atoms with van der Waals surface area (Å²) < 4.78 is 37.7. The molecule has 0 aliphatic carbocycles. The molecule has 1 aliphatic rings. The first kappa shape index (κ1) is 15.3. The Balaban J connectivity index is 2.26. The molecule has 21 heavy (non-hydrogen) atoms. The number of alkyl halides is 3. The second kappa shape index (κ2) is 5.38. The molecule has 0 unspecified atom stereocenters. The molecule has 1 aromatic rings. The predicted octanol–water partition coefficient (Wildman–Crippen LogP) is 2.59. The zero-order chi connectivity index (χ0) is 15.8. The van der Waals surface area contributed by atoms with Crippen molar-refractivity contribution in [3.8, 4) is 0 Å². The van der Waals surface area contributed by atoms with E-state index in [4.69, 9.17) is 0 Å². The molecule has 4 nitrogen and oxygen atoms in total. The van der Waals surface area contributed by atoms with E-state index in [0.29, 0.717) is 11.3 Å². The second-order valence-electron chi connectivity index (χ2n) is 5.24. The highest BCUT2D eigenvalue weighted by atomic mass is 19.4. The number of carbonyl (C=O) groups excluding carboxylic acids is 2. The topological polar surface area (TPSA) is 49.4 Å². The Bertz CT molecular complexity index is 582. The van der Waals surface area contributed by atoms with Crippen molar-refractivity contribution < 1.29 is 22.8 Å². The molecule has 0 bridgehead atoms. The van der Waals surface area contributed by atoms with Crippen LogP contribution < -0.4 is 5.32 Å². The van der Waals surface area contributed by atoms with Gasteiger partial charge in [-0.3, -0.25) is 9.59 Å². The van der Waals surface area contributed by atoms with E-state index >= 15 is 0 Å². The highest BCUT2D eigenvalue weighted by Gasteiger charge is 2.34. The first-order valence-corrected chi connectivity index (χ1v) is 6.48. The van der Waals surface area contributed by atoms with E-state index < -0.39 is 24.7 Å². The van der Waals surface area contributed by atoms with Gasteiger partial charge >= 0.3 is 6.18 Å². The van der Waals surface area contributed by atoms with E-state index in [2.05, 4.69) is 5.32 Å². The number of halogens is 3. The van der Waals surface area contributed by atoms with Crippen LogP contribution >= 0.6 is 0 Å². The quantitative estimate of drug-likeness (QED) is 0.933. The van der Waals surface area contributed by atoms with Crippen molar-refractivity contribution in [1.29, 1.82) is 0 Å². The molecule has 1 N–H and O–H groups in total. The number of amides is 2. The summed E-state index contributed by atoms with van der Waals surface area (Å²) in [7, 11) is 0. The fourth-order valence-electron chi connectivity index (χ4n) is 2.21. The number of nitrogens with one attached hydrogen (secondary N) is 1. The molecule has 1 aromatic carbocycles. The molecule has 114 valence electrons. The monoisotopic (exact) mass is 300 g/mol. The number of anilines is 1. The normalized spacial score (nSPS) is 14.1.